The molecule has 2 aliphatic rings. The van der Waals surface area contributed by atoms with Gasteiger partial charge in [0.25, 0.3) is 0 Å². The molecular formula is C44H43Cl2FIN7O8S2. The van der Waals surface area contributed by atoms with Crippen LogP contribution >= 0.6 is 46.3 Å². The molecule has 2 aromatic carbocycles. The Labute approximate surface area is 408 Å². The number of hydrogen-bond acceptors (Lipinski definition) is 13. The van der Waals surface area contributed by atoms with Crippen LogP contribution in [0.3, 0.4) is 0 Å². The number of amidine groups is 1. The fraction of sp³-hybridized carbons (Fsp3) is 0.318. The summed E-state index contributed by atoms with van der Waals surface area (Å²) < 4.78 is 35.8. The molecule has 0 radical (unpaired) electrons. The molecule has 342 valence electrons. The van der Waals surface area contributed by atoms with Crippen molar-refractivity contribution < 1.29 is 71.2 Å². The minimum Gasteiger partial charge on any atom is -1.00 e. The van der Waals surface area contributed by atoms with Gasteiger partial charge in [-0.15, -0.1) is 23.1 Å². The first-order valence-corrected chi connectivity index (χ1v) is 22.4. The summed E-state index contributed by atoms with van der Waals surface area (Å²) in [6, 6.07) is 13.3. The highest BCUT2D eigenvalue weighted by Crippen LogP contribution is 2.46. The van der Waals surface area contributed by atoms with Gasteiger partial charge in [0.1, 0.15) is 52.4 Å². The molecule has 0 aliphatic carbocycles. The van der Waals surface area contributed by atoms with Crippen molar-refractivity contribution in [1.82, 2.24) is 19.8 Å². The van der Waals surface area contributed by atoms with Gasteiger partial charge in [0.05, 0.1) is 40.9 Å². The lowest BCUT2D eigenvalue weighted by atomic mass is 9.89. The number of thioether (sulfide) groups is 1. The number of β-lactam (4-membered cyclic amide) rings is 1. The zero-order valence-corrected chi connectivity index (χ0v) is 41.2. The van der Waals surface area contributed by atoms with Gasteiger partial charge in [-0.3, -0.25) is 25.2 Å². The van der Waals surface area contributed by atoms with Crippen molar-refractivity contribution in [2.24, 2.45) is 11.1 Å². The number of pyridine rings is 1. The van der Waals surface area contributed by atoms with Crippen LogP contribution in [0.5, 0.6) is 5.75 Å². The minimum absolute atomic E-state index is 0. The molecule has 65 heavy (non-hydrogen) atoms. The monoisotopic (exact) mass is 1080 g/mol. The highest BCUT2D eigenvalue weighted by atomic mass is 127. The van der Waals surface area contributed by atoms with Crippen LogP contribution in [0.2, 0.25) is 9.36 Å². The summed E-state index contributed by atoms with van der Waals surface area (Å²) in [6.45, 7) is 7.04. The van der Waals surface area contributed by atoms with Gasteiger partial charge in [-0.2, -0.15) is 0 Å². The van der Waals surface area contributed by atoms with Gasteiger partial charge >= 0.3 is 12.1 Å². The lowest BCUT2D eigenvalue weighted by Gasteiger charge is -2.49. The summed E-state index contributed by atoms with van der Waals surface area (Å²) in [5.74, 6) is -2.36. The Balaban J connectivity index is 0.00000700. The predicted molar refractivity (Wildman–Crippen MR) is 240 cm³/mol. The Morgan fingerprint density at radius 2 is 1.85 bits per heavy atom. The van der Waals surface area contributed by atoms with E-state index >= 15 is 4.39 Å². The lowest BCUT2D eigenvalue weighted by Crippen LogP contribution is -3.00. The number of nitrogens with zero attached hydrogens (tertiary/aromatic N) is 5. The Bertz CT molecular complexity index is 2730. The SMILES string of the molecule is CO/N=C(\C(=O)C[C@@H]1C(=O)N2C(C(=O)OCc3ccc(OC)cc3)=C(C[n+]3ccc4c(ccn4Cc4c(F)cc(C(=N)NC(=O)OC(C)(C)C)cc4Cl)c3)CS[C@H]12)c1nc(C)sc1Cl.[I-]. The maximum atomic E-state index is 15.6. The van der Waals surface area contributed by atoms with E-state index in [2.05, 4.69) is 15.5 Å². The number of halogens is 4. The van der Waals surface area contributed by atoms with E-state index in [0.29, 0.717) is 27.6 Å². The van der Waals surface area contributed by atoms with Gasteiger partial charge in [-0.1, -0.05) is 40.5 Å². The largest absolute Gasteiger partial charge is 1.00 e. The van der Waals surface area contributed by atoms with Crippen molar-refractivity contribution in [3.05, 3.63) is 121 Å². The first-order chi connectivity index (χ1) is 30.4. The van der Waals surface area contributed by atoms with E-state index in [1.165, 1.54) is 41.2 Å². The van der Waals surface area contributed by atoms with Crippen molar-refractivity contribution in [2.45, 2.75) is 64.8 Å². The Morgan fingerprint density at radius 3 is 2.49 bits per heavy atom. The highest BCUT2D eigenvalue weighted by molar-refractivity contribution is 8.00. The van der Waals surface area contributed by atoms with Crippen molar-refractivity contribution in [1.29, 1.82) is 5.41 Å². The third kappa shape index (κ3) is 11.1. The molecule has 2 N–H and O–H groups in total. The van der Waals surface area contributed by atoms with Gasteiger partial charge in [0.15, 0.2) is 30.4 Å². The van der Waals surface area contributed by atoms with Crippen molar-refractivity contribution >= 4 is 92.5 Å². The number of oxime groups is 1. The van der Waals surface area contributed by atoms with Gasteiger partial charge in [0.2, 0.25) is 5.91 Å². The zero-order valence-electron chi connectivity index (χ0n) is 35.9. The molecule has 1 fully saturated rings. The molecule has 0 bridgehead atoms. The second-order valence-electron chi connectivity index (χ2n) is 15.8. The van der Waals surface area contributed by atoms with Crippen LogP contribution in [0.4, 0.5) is 9.18 Å². The van der Waals surface area contributed by atoms with Crippen molar-refractivity contribution in [3.63, 3.8) is 0 Å². The number of nitrogens with one attached hydrogen (secondary N) is 2. The molecule has 15 nitrogen and oxygen atoms in total. The molecular weight excluding hydrogens is 1040 g/mol. The number of rotatable bonds is 14. The summed E-state index contributed by atoms with van der Waals surface area (Å²) in [5.41, 5.74) is 1.80. The average Bonchev–Trinajstić information content (AvgIpc) is 3.81. The number of hydrogen-bond donors (Lipinski definition) is 2. The topological polar surface area (TPSA) is 178 Å². The van der Waals surface area contributed by atoms with Crippen LogP contribution in [-0.4, -0.2) is 80.7 Å². The van der Waals surface area contributed by atoms with Crippen LogP contribution < -0.4 is 38.6 Å². The summed E-state index contributed by atoms with van der Waals surface area (Å²) in [6.07, 6.45) is 4.43. The molecule has 0 unspecified atom stereocenters. The van der Waals surface area contributed by atoms with E-state index in [0.717, 1.165) is 17.0 Å². The fourth-order valence-corrected chi connectivity index (χ4v) is 10.00. The van der Waals surface area contributed by atoms with E-state index in [4.69, 9.17) is 47.7 Å². The standard InChI is InChI=1S/C44H42Cl2FN7O8S2.HI/c1-23-49-36(38(46)64-23)35(51-60-6)34(55)17-29-40(56)54-37(42(57)61-21-24-7-9-28(59-5)10-8-24)27(22-63-41(29)54)19-52-13-12-33-25(18-52)11-14-53(33)20-30-31(45)15-26(16-32(30)47)39(48)50-43(58)62-44(2,3)4;/h7-16,18,29,41H,17,19-22H2,1-6H3,(H-,48,50,58);1H/b51-35+;/t29-,41-;/m1./s1. The molecule has 2 atom stereocenters. The maximum Gasteiger partial charge on any atom is 0.413 e. The Kier molecular flexibility index (Phi) is 15.6. The summed E-state index contributed by atoms with van der Waals surface area (Å²) in [7, 11) is 2.86. The summed E-state index contributed by atoms with van der Waals surface area (Å²) in [5, 5.41) is 15.4. The molecule has 1 saturated heterocycles. The number of alkyl carbamates (subject to hydrolysis) is 1. The van der Waals surface area contributed by atoms with Crippen molar-refractivity contribution in [3.8, 4) is 5.75 Å². The van der Waals surface area contributed by atoms with E-state index in [-0.39, 0.29) is 93.5 Å². The molecule has 21 heteroatoms. The van der Waals surface area contributed by atoms with Crippen LogP contribution in [-0.2, 0) is 48.4 Å². The number of benzene rings is 2. The van der Waals surface area contributed by atoms with E-state index < -0.39 is 46.5 Å². The first kappa shape index (κ1) is 49.3. The molecule has 2 amide bonds. The number of amides is 2. The number of esters is 1. The molecule has 7 rings (SSSR count). The third-order valence-corrected chi connectivity index (χ3v) is 13.1. The molecule has 2 aliphatic heterocycles. The normalized spacial score (nSPS) is 16.0. The molecule has 0 spiro atoms. The van der Waals surface area contributed by atoms with E-state index in [1.54, 1.807) is 65.3 Å². The van der Waals surface area contributed by atoms with Crippen molar-refractivity contribution in [2.75, 3.05) is 20.0 Å². The maximum absolute atomic E-state index is 15.6. The van der Waals surface area contributed by atoms with Gasteiger partial charge in [0, 0.05) is 46.2 Å². The van der Waals surface area contributed by atoms with Gasteiger partial charge < -0.3 is 47.6 Å². The summed E-state index contributed by atoms with van der Waals surface area (Å²) in [4.78, 5) is 64.6. The van der Waals surface area contributed by atoms with Crippen LogP contribution in [0.25, 0.3) is 10.9 Å². The lowest BCUT2D eigenvalue weighted by molar-refractivity contribution is -0.687. The average molecular weight is 1080 g/mol. The first-order valence-electron chi connectivity index (χ1n) is 19.7. The fourth-order valence-electron chi connectivity index (χ4n) is 7.22. The number of aromatic nitrogens is 3. The number of methoxy groups -OCH3 is 1. The van der Waals surface area contributed by atoms with E-state index in [1.807, 2.05) is 33.7 Å². The number of carbonyl (C=O) groups excluding carboxylic acids is 4. The minimum atomic E-state index is -0.846. The number of Topliss-reactive ketones (excluding diaryl/α,β-unsaturated/α-hetero) is 1. The Hall–Kier alpha value is -5.09. The van der Waals surface area contributed by atoms with Gasteiger partial charge in [-0.05, 0) is 63.6 Å². The highest BCUT2D eigenvalue weighted by Gasteiger charge is 2.55. The number of carbonyl (C=O) groups is 4. The smallest absolute Gasteiger partial charge is 0.413 e. The third-order valence-electron chi connectivity index (χ3n) is 10.2. The Morgan fingerprint density at radius 1 is 1.11 bits per heavy atom. The van der Waals surface area contributed by atoms with E-state index in [9.17, 15) is 19.2 Å². The molecule has 5 aromatic rings. The van der Waals surface area contributed by atoms with Crippen LogP contribution in [0, 0.1) is 24.1 Å². The molecule has 5 heterocycles. The second kappa shape index (κ2) is 20.6. The number of fused-ring (bicyclic) bond motifs is 2. The summed E-state index contributed by atoms with van der Waals surface area (Å²) >= 11 is 15.6. The quantitative estimate of drug-likeness (QED) is 0.0304. The second-order valence-corrected chi connectivity index (χ2v) is 19.1. The number of aryl methyl sites for hydroxylation is 1. The predicted octanol–water partition coefficient (Wildman–Crippen LogP) is 4.59. The number of ketones is 1. The molecule has 0 saturated carbocycles. The van der Waals surface area contributed by atoms with Crippen LogP contribution in [0.15, 0.2) is 83.5 Å². The molecule has 3 aromatic heterocycles. The number of ether oxygens (including phenoxy) is 3. The van der Waals surface area contributed by atoms with Crippen LogP contribution in [0.1, 0.15) is 54.6 Å². The van der Waals surface area contributed by atoms with Gasteiger partial charge in [-0.25, -0.2) is 23.5 Å². The number of thiazole rings is 1. The zero-order chi connectivity index (χ0) is 46.0.